The molecule has 3 aromatic rings. The van der Waals surface area contributed by atoms with E-state index in [0.717, 1.165) is 11.3 Å². The zero-order chi connectivity index (χ0) is 18.0. The van der Waals surface area contributed by atoms with E-state index in [4.69, 9.17) is 4.74 Å². The molecule has 0 unspecified atom stereocenters. The first kappa shape index (κ1) is 17.1. The molecule has 0 spiro atoms. The van der Waals surface area contributed by atoms with E-state index in [9.17, 15) is 18.0 Å². The largest absolute Gasteiger partial charge is 0.497 e. The summed E-state index contributed by atoms with van der Waals surface area (Å²) in [6.07, 6.45) is -4.33. The second kappa shape index (κ2) is 6.67. The number of hydrogen-bond acceptors (Lipinski definition) is 6. The molecule has 0 atom stereocenters. The van der Waals surface area contributed by atoms with Crippen LogP contribution in [0, 0.1) is 0 Å². The maximum atomic E-state index is 12.7. The number of nitrogens with one attached hydrogen (secondary N) is 1. The minimum Gasteiger partial charge on any atom is -0.497 e. The summed E-state index contributed by atoms with van der Waals surface area (Å²) in [5.74, 6) is -0.814. The molecule has 25 heavy (non-hydrogen) atoms. The highest BCUT2D eigenvalue weighted by molar-refractivity contribution is 7.16. The number of methoxy groups -OCH3 is 1. The van der Waals surface area contributed by atoms with Crippen LogP contribution in [-0.2, 0) is 12.6 Å². The van der Waals surface area contributed by atoms with Crippen LogP contribution in [0.5, 0.6) is 5.75 Å². The van der Waals surface area contributed by atoms with E-state index in [1.54, 1.807) is 24.3 Å². The second-order valence-electron chi connectivity index (χ2n) is 4.95. The highest BCUT2D eigenvalue weighted by atomic mass is 32.1. The van der Waals surface area contributed by atoms with Gasteiger partial charge in [-0.15, -0.1) is 10.2 Å². The Morgan fingerprint density at radius 2 is 2.00 bits per heavy atom. The highest BCUT2D eigenvalue weighted by Gasteiger charge is 2.38. The van der Waals surface area contributed by atoms with E-state index in [2.05, 4.69) is 20.6 Å². The van der Waals surface area contributed by atoms with Crippen LogP contribution in [0.15, 0.2) is 24.3 Å². The number of alkyl halides is 3. The molecule has 11 heteroatoms. The summed E-state index contributed by atoms with van der Waals surface area (Å²) in [4.78, 5) is 12.1. The molecular formula is C14H12F3N5O2S. The van der Waals surface area contributed by atoms with Gasteiger partial charge in [-0.1, -0.05) is 11.3 Å². The van der Waals surface area contributed by atoms with Crippen LogP contribution in [0.1, 0.15) is 21.2 Å². The smallest absolute Gasteiger partial charge is 0.453 e. The van der Waals surface area contributed by atoms with E-state index in [1.165, 1.54) is 7.11 Å². The first-order valence-electron chi connectivity index (χ1n) is 7.09. The molecule has 0 aliphatic rings. The molecule has 132 valence electrons. The van der Waals surface area contributed by atoms with Gasteiger partial charge >= 0.3 is 6.18 Å². The number of carbonyl (C=O) groups is 1. The monoisotopic (exact) mass is 371 g/mol. The van der Waals surface area contributed by atoms with Gasteiger partial charge in [0, 0.05) is 18.5 Å². The normalized spacial score (nSPS) is 11.7. The Hall–Kier alpha value is -2.69. The van der Waals surface area contributed by atoms with Crippen LogP contribution in [-0.4, -0.2) is 39.4 Å². The first-order chi connectivity index (χ1) is 11.9. The molecular weight excluding hydrogens is 359 g/mol. The van der Waals surface area contributed by atoms with Crippen molar-refractivity contribution >= 4 is 22.2 Å². The van der Waals surface area contributed by atoms with E-state index in [0.29, 0.717) is 20.8 Å². The lowest BCUT2D eigenvalue weighted by atomic mass is 10.2. The average Bonchev–Trinajstić information content (AvgIpc) is 3.14. The van der Waals surface area contributed by atoms with Crippen molar-refractivity contribution in [1.82, 2.24) is 25.1 Å². The van der Waals surface area contributed by atoms with Crippen LogP contribution in [0.3, 0.4) is 0 Å². The summed E-state index contributed by atoms with van der Waals surface area (Å²) < 4.78 is 43.9. The zero-order valence-electron chi connectivity index (χ0n) is 12.9. The lowest BCUT2D eigenvalue weighted by molar-refractivity contribution is -0.146. The van der Waals surface area contributed by atoms with Gasteiger partial charge in [0.1, 0.15) is 10.8 Å². The summed E-state index contributed by atoms with van der Waals surface area (Å²) in [5, 5.41) is 13.5. The summed E-state index contributed by atoms with van der Waals surface area (Å²) in [5.41, 5.74) is 0.457. The number of amides is 1. The molecule has 0 bridgehead atoms. The fourth-order valence-corrected chi connectivity index (χ4v) is 2.89. The van der Waals surface area contributed by atoms with Gasteiger partial charge in [-0.3, -0.25) is 4.79 Å². The fourth-order valence-electron chi connectivity index (χ4n) is 2.06. The summed E-state index contributed by atoms with van der Waals surface area (Å²) in [6.45, 7) is 0.232. The Kier molecular flexibility index (Phi) is 4.57. The number of carbonyl (C=O) groups excluding carboxylic acids is 1. The molecule has 1 N–H and O–H groups in total. The minimum atomic E-state index is -4.62. The number of fused-ring (bicyclic) bond motifs is 1. The van der Waals surface area contributed by atoms with Crippen molar-refractivity contribution in [2.75, 3.05) is 13.7 Å². The lowest BCUT2D eigenvalue weighted by Gasteiger charge is -2.05. The number of ether oxygens (including phenoxy) is 1. The third-order valence-corrected chi connectivity index (χ3v) is 4.22. The van der Waals surface area contributed by atoms with Crippen molar-refractivity contribution in [3.63, 3.8) is 0 Å². The van der Waals surface area contributed by atoms with Crippen molar-refractivity contribution in [1.29, 1.82) is 0 Å². The quantitative estimate of drug-likeness (QED) is 0.744. The molecule has 0 aliphatic carbocycles. The molecule has 0 radical (unpaired) electrons. The van der Waals surface area contributed by atoms with Gasteiger partial charge in [-0.2, -0.15) is 22.8 Å². The predicted molar refractivity (Wildman–Crippen MR) is 82.7 cm³/mol. The van der Waals surface area contributed by atoms with E-state index in [-0.39, 0.29) is 23.8 Å². The number of aromatic nitrogens is 4. The summed E-state index contributed by atoms with van der Waals surface area (Å²) in [7, 11) is 1.53. The van der Waals surface area contributed by atoms with Gasteiger partial charge in [0.25, 0.3) is 11.7 Å². The molecule has 0 aliphatic heterocycles. The van der Waals surface area contributed by atoms with Crippen molar-refractivity contribution in [3.05, 3.63) is 40.7 Å². The van der Waals surface area contributed by atoms with Crippen LogP contribution in [0.2, 0.25) is 0 Å². The fraction of sp³-hybridized carbons (Fsp3) is 0.286. The Bertz CT molecular complexity index is 888. The van der Waals surface area contributed by atoms with Crippen molar-refractivity contribution in [2.45, 2.75) is 12.6 Å². The molecule has 1 amide bonds. The Labute approximate surface area is 143 Å². The SMILES string of the molecule is COc1ccc(C(=O)NCCc2nn3c(C(F)(F)F)nnc3s2)cc1. The predicted octanol–water partition coefficient (Wildman–Crippen LogP) is 2.19. The molecule has 3 rings (SSSR count). The van der Waals surface area contributed by atoms with Gasteiger partial charge in [0.15, 0.2) is 0 Å². The second-order valence-corrected chi connectivity index (χ2v) is 5.99. The molecule has 2 heterocycles. The van der Waals surface area contributed by atoms with Crippen LogP contribution >= 0.6 is 11.3 Å². The molecule has 1 aromatic carbocycles. The van der Waals surface area contributed by atoms with Gasteiger partial charge in [0.2, 0.25) is 4.96 Å². The van der Waals surface area contributed by atoms with Gasteiger partial charge < -0.3 is 10.1 Å². The van der Waals surface area contributed by atoms with E-state index in [1.807, 2.05) is 0 Å². The highest BCUT2D eigenvalue weighted by Crippen LogP contribution is 2.28. The lowest BCUT2D eigenvalue weighted by Crippen LogP contribution is -2.25. The summed E-state index contributed by atoms with van der Waals surface area (Å²) >= 11 is 0.997. The molecule has 2 aromatic heterocycles. The van der Waals surface area contributed by atoms with E-state index < -0.39 is 12.0 Å². The third-order valence-electron chi connectivity index (χ3n) is 3.26. The molecule has 0 saturated heterocycles. The Balaban J connectivity index is 1.61. The first-order valence-corrected chi connectivity index (χ1v) is 7.90. The van der Waals surface area contributed by atoms with Gasteiger partial charge in [0.05, 0.1) is 7.11 Å². The Morgan fingerprint density at radius 1 is 1.28 bits per heavy atom. The van der Waals surface area contributed by atoms with Gasteiger partial charge in [-0.25, -0.2) is 0 Å². The maximum Gasteiger partial charge on any atom is 0.453 e. The number of hydrogen-bond donors (Lipinski definition) is 1. The van der Waals surface area contributed by atoms with Crippen LogP contribution in [0.25, 0.3) is 4.96 Å². The number of halogens is 3. The topological polar surface area (TPSA) is 81.4 Å². The van der Waals surface area contributed by atoms with Crippen molar-refractivity contribution in [3.8, 4) is 5.75 Å². The van der Waals surface area contributed by atoms with Gasteiger partial charge in [-0.05, 0) is 24.3 Å². The number of benzene rings is 1. The Morgan fingerprint density at radius 3 is 2.64 bits per heavy atom. The van der Waals surface area contributed by atoms with E-state index >= 15 is 0 Å². The third kappa shape index (κ3) is 3.71. The van der Waals surface area contributed by atoms with Crippen LogP contribution in [0.4, 0.5) is 13.2 Å². The number of rotatable bonds is 5. The molecule has 0 saturated carbocycles. The van der Waals surface area contributed by atoms with Crippen molar-refractivity contribution in [2.24, 2.45) is 0 Å². The van der Waals surface area contributed by atoms with Crippen molar-refractivity contribution < 1.29 is 22.7 Å². The standard InChI is InChI=1S/C14H12F3N5O2S/c1-24-9-4-2-8(3-5-9)11(23)18-7-6-10-21-22-12(14(15,16)17)19-20-13(22)25-10/h2-5H,6-7H2,1H3,(H,18,23). The maximum absolute atomic E-state index is 12.7. The molecule has 0 fully saturated rings. The minimum absolute atomic E-state index is 0.0591. The molecule has 7 nitrogen and oxygen atoms in total. The summed E-state index contributed by atoms with van der Waals surface area (Å²) in [6, 6.07) is 6.56. The van der Waals surface area contributed by atoms with Crippen LogP contribution < -0.4 is 10.1 Å². The number of nitrogens with zero attached hydrogens (tertiary/aromatic N) is 4. The average molecular weight is 371 g/mol. The zero-order valence-corrected chi connectivity index (χ0v) is 13.7.